The second-order valence-electron chi connectivity index (χ2n) is 6.27. The quantitative estimate of drug-likeness (QED) is 0.803. The summed E-state index contributed by atoms with van der Waals surface area (Å²) in [5.74, 6) is 0.407. The van der Waals surface area contributed by atoms with Gasteiger partial charge in [-0.25, -0.2) is 0 Å². The summed E-state index contributed by atoms with van der Waals surface area (Å²) in [4.78, 5) is 11.8. The Balaban J connectivity index is 1.57. The Kier molecular flexibility index (Phi) is 3.98. The fourth-order valence-electron chi connectivity index (χ4n) is 3.66. The van der Waals surface area contributed by atoms with Crippen molar-refractivity contribution in [1.82, 2.24) is 0 Å². The Morgan fingerprint density at radius 3 is 2.71 bits per heavy atom. The molecule has 0 fully saturated rings. The van der Waals surface area contributed by atoms with Gasteiger partial charge in [0.05, 0.1) is 25.6 Å². The van der Waals surface area contributed by atoms with Crippen LogP contribution in [0.25, 0.3) is 0 Å². The van der Waals surface area contributed by atoms with Gasteiger partial charge in [0.15, 0.2) is 0 Å². The highest BCUT2D eigenvalue weighted by molar-refractivity contribution is 5.71. The molecular weight excluding hydrogens is 304 g/mol. The predicted octanol–water partition coefficient (Wildman–Crippen LogP) is 3.76. The van der Waals surface area contributed by atoms with Gasteiger partial charge in [-0.05, 0) is 30.0 Å². The van der Waals surface area contributed by atoms with Gasteiger partial charge < -0.3 is 14.2 Å². The number of para-hydroxylation sites is 1. The van der Waals surface area contributed by atoms with Gasteiger partial charge in [-0.1, -0.05) is 42.5 Å². The monoisotopic (exact) mass is 324 g/mol. The maximum absolute atomic E-state index is 11.8. The number of benzene rings is 2. The Hall–Kier alpha value is -2.33. The van der Waals surface area contributed by atoms with Crippen LogP contribution >= 0.6 is 0 Å². The molecule has 0 saturated heterocycles. The van der Waals surface area contributed by atoms with Crippen LogP contribution in [0.2, 0.25) is 0 Å². The molecule has 4 heteroatoms. The SMILES string of the molecule is COC(=O)CC1c2ccccc2O[C@@H]1OC1CCc2ccccc21. The molecule has 0 bridgehead atoms. The summed E-state index contributed by atoms with van der Waals surface area (Å²) < 4.78 is 17.2. The van der Waals surface area contributed by atoms with E-state index in [0.29, 0.717) is 0 Å². The van der Waals surface area contributed by atoms with E-state index >= 15 is 0 Å². The van der Waals surface area contributed by atoms with Crippen LogP contribution in [0.5, 0.6) is 5.75 Å². The van der Waals surface area contributed by atoms with Gasteiger partial charge >= 0.3 is 5.97 Å². The number of fused-ring (bicyclic) bond motifs is 2. The van der Waals surface area contributed by atoms with Gasteiger partial charge in [0.2, 0.25) is 6.29 Å². The summed E-state index contributed by atoms with van der Waals surface area (Å²) in [6.07, 6.45) is 1.77. The zero-order valence-electron chi connectivity index (χ0n) is 13.6. The van der Waals surface area contributed by atoms with Gasteiger partial charge in [-0.15, -0.1) is 0 Å². The number of carbonyl (C=O) groups is 1. The van der Waals surface area contributed by atoms with Crippen molar-refractivity contribution in [3.63, 3.8) is 0 Å². The van der Waals surface area contributed by atoms with Gasteiger partial charge in [-0.2, -0.15) is 0 Å². The smallest absolute Gasteiger partial charge is 0.306 e. The molecular formula is C20H20O4. The van der Waals surface area contributed by atoms with E-state index in [1.54, 1.807) is 0 Å². The Labute approximate surface area is 141 Å². The van der Waals surface area contributed by atoms with E-state index in [4.69, 9.17) is 14.2 Å². The lowest BCUT2D eigenvalue weighted by atomic mass is 9.96. The summed E-state index contributed by atoms with van der Waals surface area (Å²) in [7, 11) is 1.41. The normalized spacial score (nSPS) is 24.1. The van der Waals surface area contributed by atoms with Crippen LogP contribution in [0.4, 0.5) is 0 Å². The van der Waals surface area contributed by atoms with Crippen molar-refractivity contribution in [3.8, 4) is 5.75 Å². The second kappa shape index (κ2) is 6.29. The molecule has 0 N–H and O–H groups in total. The molecule has 1 aliphatic carbocycles. The summed E-state index contributed by atoms with van der Waals surface area (Å²) >= 11 is 0. The zero-order valence-corrected chi connectivity index (χ0v) is 13.6. The average molecular weight is 324 g/mol. The minimum atomic E-state index is -0.461. The molecule has 3 atom stereocenters. The number of aryl methyl sites for hydroxylation is 1. The van der Waals surface area contributed by atoms with Crippen LogP contribution < -0.4 is 4.74 Å². The van der Waals surface area contributed by atoms with E-state index in [-0.39, 0.29) is 24.4 Å². The zero-order chi connectivity index (χ0) is 16.5. The molecule has 2 unspecified atom stereocenters. The van der Waals surface area contributed by atoms with Crippen LogP contribution in [-0.2, 0) is 20.7 Å². The molecule has 24 heavy (non-hydrogen) atoms. The van der Waals surface area contributed by atoms with Crippen LogP contribution in [0.1, 0.15) is 41.6 Å². The van der Waals surface area contributed by atoms with Crippen molar-refractivity contribution in [2.45, 2.75) is 37.6 Å². The van der Waals surface area contributed by atoms with Crippen LogP contribution in [-0.4, -0.2) is 19.4 Å². The van der Waals surface area contributed by atoms with Crippen molar-refractivity contribution >= 4 is 5.97 Å². The van der Waals surface area contributed by atoms with Crippen molar-refractivity contribution < 1.29 is 19.0 Å². The van der Waals surface area contributed by atoms with Gasteiger partial charge in [0.1, 0.15) is 5.75 Å². The first-order chi connectivity index (χ1) is 11.8. The highest BCUT2D eigenvalue weighted by atomic mass is 16.7. The standard InChI is InChI=1S/C20H20O4/c1-22-19(21)12-16-15-8-4-5-9-17(15)23-20(16)24-18-11-10-13-6-2-3-7-14(13)18/h2-9,16,18,20H,10-12H2,1H3/t16?,18?,20-/m1/s1. The Morgan fingerprint density at radius 1 is 1.12 bits per heavy atom. The van der Waals surface area contributed by atoms with E-state index in [0.717, 1.165) is 24.2 Å². The molecule has 0 aromatic heterocycles. The molecule has 0 spiro atoms. The van der Waals surface area contributed by atoms with Crippen LogP contribution in [0, 0.1) is 0 Å². The van der Waals surface area contributed by atoms with E-state index in [9.17, 15) is 4.79 Å². The van der Waals surface area contributed by atoms with E-state index in [2.05, 4.69) is 18.2 Å². The third-order valence-electron chi connectivity index (χ3n) is 4.88. The third-order valence-corrected chi connectivity index (χ3v) is 4.88. The predicted molar refractivity (Wildman–Crippen MR) is 88.8 cm³/mol. The van der Waals surface area contributed by atoms with Crippen molar-refractivity contribution in [2.24, 2.45) is 0 Å². The molecule has 0 saturated carbocycles. The molecule has 1 heterocycles. The second-order valence-corrected chi connectivity index (χ2v) is 6.27. The number of ether oxygens (including phenoxy) is 3. The molecule has 2 aliphatic rings. The molecule has 2 aromatic carbocycles. The minimum Gasteiger partial charge on any atom is -0.469 e. The highest BCUT2D eigenvalue weighted by Crippen LogP contribution is 2.44. The lowest BCUT2D eigenvalue weighted by Crippen LogP contribution is -2.26. The fourth-order valence-corrected chi connectivity index (χ4v) is 3.66. The van der Waals surface area contributed by atoms with Crippen LogP contribution in [0.15, 0.2) is 48.5 Å². The summed E-state index contributed by atoms with van der Waals surface area (Å²) in [6.45, 7) is 0. The molecule has 4 nitrogen and oxygen atoms in total. The van der Waals surface area contributed by atoms with E-state index in [1.165, 1.54) is 18.2 Å². The van der Waals surface area contributed by atoms with Crippen molar-refractivity contribution in [2.75, 3.05) is 7.11 Å². The van der Waals surface area contributed by atoms with Gasteiger partial charge in [0.25, 0.3) is 0 Å². The molecule has 1 aliphatic heterocycles. The van der Waals surface area contributed by atoms with Crippen LogP contribution in [0.3, 0.4) is 0 Å². The number of esters is 1. The summed E-state index contributed by atoms with van der Waals surface area (Å²) in [6, 6.07) is 16.2. The first-order valence-corrected chi connectivity index (χ1v) is 8.32. The van der Waals surface area contributed by atoms with Crippen molar-refractivity contribution in [3.05, 3.63) is 65.2 Å². The maximum atomic E-state index is 11.8. The first-order valence-electron chi connectivity index (χ1n) is 8.32. The molecule has 124 valence electrons. The molecule has 0 radical (unpaired) electrons. The number of carbonyl (C=O) groups excluding carboxylic acids is 1. The Morgan fingerprint density at radius 2 is 1.88 bits per heavy atom. The lowest BCUT2D eigenvalue weighted by Gasteiger charge is -2.23. The Bertz CT molecular complexity index is 755. The van der Waals surface area contributed by atoms with E-state index < -0.39 is 6.29 Å². The largest absolute Gasteiger partial charge is 0.469 e. The maximum Gasteiger partial charge on any atom is 0.306 e. The molecule has 0 amide bonds. The topological polar surface area (TPSA) is 44.8 Å². The number of hydrogen-bond donors (Lipinski definition) is 0. The van der Waals surface area contributed by atoms with E-state index in [1.807, 2.05) is 30.3 Å². The molecule has 4 rings (SSSR count). The number of methoxy groups -OCH3 is 1. The fraction of sp³-hybridized carbons (Fsp3) is 0.350. The summed E-state index contributed by atoms with van der Waals surface area (Å²) in [5.41, 5.74) is 3.58. The van der Waals surface area contributed by atoms with Gasteiger partial charge in [0, 0.05) is 5.56 Å². The number of rotatable bonds is 4. The first kappa shape index (κ1) is 15.2. The lowest BCUT2D eigenvalue weighted by molar-refractivity contribution is -0.148. The van der Waals surface area contributed by atoms with Crippen molar-refractivity contribution in [1.29, 1.82) is 0 Å². The minimum absolute atomic E-state index is 0.0145. The average Bonchev–Trinajstić information content (AvgIpc) is 3.17. The highest BCUT2D eigenvalue weighted by Gasteiger charge is 2.39. The number of hydrogen-bond acceptors (Lipinski definition) is 4. The van der Waals surface area contributed by atoms with Gasteiger partial charge in [-0.3, -0.25) is 4.79 Å². The summed E-state index contributed by atoms with van der Waals surface area (Å²) in [5, 5.41) is 0. The third kappa shape index (κ3) is 2.67. The molecule has 2 aromatic rings.